The van der Waals surface area contributed by atoms with E-state index in [1.807, 2.05) is 20.8 Å². The first-order chi connectivity index (χ1) is 14.1. The normalized spacial score (nSPS) is 16.1. The molecule has 0 spiro atoms. The Bertz CT molecular complexity index is 940. The number of benzene rings is 2. The van der Waals surface area contributed by atoms with Crippen LogP contribution in [0, 0.1) is 17.5 Å². The lowest BCUT2D eigenvalue weighted by Crippen LogP contribution is -2.50. The third kappa shape index (κ3) is 5.75. The summed E-state index contributed by atoms with van der Waals surface area (Å²) in [5, 5.41) is 6.90. The Morgan fingerprint density at radius 3 is 2.43 bits per heavy atom. The molecule has 1 aliphatic rings. The fourth-order valence-corrected chi connectivity index (χ4v) is 3.06. The molecular formula is C22H24F3N3O2. The van der Waals surface area contributed by atoms with Crippen LogP contribution in [0.3, 0.4) is 0 Å². The molecule has 1 atom stereocenters. The molecule has 0 radical (unpaired) electrons. The monoisotopic (exact) mass is 419 g/mol. The maximum Gasteiger partial charge on any atom is 0.318 e. The third-order valence-electron chi connectivity index (χ3n) is 4.48. The number of oxime groups is 1. The lowest BCUT2D eigenvalue weighted by atomic mass is 10.0. The summed E-state index contributed by atoms with van der Waals surface area (Å²) >= 11 is 0. The highest BCUT2D eigenvalue weighted by Gasteiger charge is 2.29. The first-order valence-electron chi connectivity index (χ1n) is 9.60. The van der Waals surface area contributed by atoms with Gasteiger partial charge in [0.05, 0.1) is 18.8 Å². The van der Waals surface area contributed by atoms with Gasteiger partial charge < -0.3 is 15.1 Å². The van der Waals surface area contributed by atoms with Crippen molar-refractivity contribution < 1.29 is 22.8 Å². The van der Waals surface area contributed by atoms with Crippen molar-refractivity contribution in [2.75, 3.05) is 6.54 Å². The molecule has 0 fully saturated rings. The van der Waals surface area contributed by atoms with Gasteiger partial charge in [-0.15, -0.1) is 0 Å². The number of nitrogens with one attached hydrogen (secondary N) is 1. The maximum atomic E-state index is 14.2. The Morgan fingerprint density at radius 2 is 1.80 bits per heavy atom. The molecule has 1 heterocycles. The zero-order chi connectivity index (χ0) is 21.9. The molecule has 0 saturated carbocycles. The van der Waals surface area contributed by atoms with Crippen molar-refractivity contribution in [1.82, 2.24) is 10.2 Å². The number of rotatable bonds is 5. The summed E-state index contributed by atoms with van der Waals surface area (Å²) in [5.41, 5.74) is 1.07. The van der Waals surface area contributed by atoms with E-state index < -0.39 is 29.3 Å². The van der Waals surface area contributed by atoms with E-state index in [1.165, 1.54) is 23.1 Å². The van der Waals surface area contributed by atoms with Crippen LogP contribution in [0.1, 0.15) is 38.3 Å². The van der Waals surface area contributed by atoms with E-state index in [9.17, 15) is 18.0 Å². The minimum Gasteiger partial charge on any atom is -0.390 e. The molecule has 30 heavy (non-hydrogen) atoms. The van der Waals surface area contributed by atoms with Crippen LogP contribution in [-0.4, -0.2) is 34.8 Å². The van der Waals surface area contributed by atoms with Crippen LogP contribution < -0.4 is 5.32 Å². The molecule has 1 N–H and O–H groups in total. The van der Waals surface area contributed by atoms with E-state index >= 15 is 0 Å². The van der Waals surface area contributed by atoms with Crippen LogP contribution in [0.15, 0.2) is 47.6 Å². The topological polar surface area (TPSA) is 53.9 Å². The average Bonchev–Trinajstić information content (AvgIpc) is 3.11. The van der Waals surface area contributed by atoms with Gasteiger partial charge in [0, 0.05) is 23.6 Å². The number of carbonyl (C=O) groups is 1. The summed E-state index contributed by atoms with van der Waals surface area (Å²) in [5.74, 6) is -1.75. The molecule has 3 rings (SSSR count). The number of nitrogens with zero attached hydrogens (tertiary/aromatic N) is 2. The Labute approximate surface area is 173 Å². The smallest absolute Gasteiger partial charge is 0.318 e. The highest BCUT2D eigenvalue weighted by atomic mass is 19.1. The molecule has 0 unspecified atom stereocenters. The SMILES string of the molecule is CC(C)(C)NC(=O)N(Cc1ccc(F)cc1F)C[C@@H]1CC(c2ccc(F)cc2)=NO1. The quantitative estimate of drug-likeness (QED) is 0.770. The minimum absolute atomic E-state index is 0.0558. The van der Waals surface area contributed by atoms with Gasteiger partial charge in [0.1, 0.15) is 17.5 Å². The average molecular weight is 419 g/mol. The van der Waals surface area contributed by atoms with Crippen molar-refractivity contribution in [3.8, 4) is 0 Å². The highest BCUT2D eigenvalue weighted by Crippen LogP contribution is 2.20. The number of amides is 2. The molecule has 0 saturated heterocycles. The fraction of sp³-hybridized carbons (Fsp3) is 0.364. The number of urea groups is 1. The van der Waals surface area contributed by atoms with Crippen molar-refractivity contribution in [2.24, 2.45) is 5.16 Å². The summed E-state index contributed by atoms with van der Waals surface area (Å²) in [6.07, 6.45) is -0.0316. The van der Waals surface area contributed by atoms with Crippen LogP contribution in [-0.2, 0) is 11.4 Å². The van der Waals surface area contributed by atoms with Gasteiger partial charge >= 0.3 is 6.03 Å². The Kier molecular flexibility index (Phi) is 6.34. The molecule has 1 aliphatic heterocycles. The predicted octanol–water partition coefficient (Wildman–Crippen LogP) is 4.61. The fourth-order valence-electron chi connectivity index (χ4n) is 3.06. The molecule has 8 heteroatoms. The Morgan fingerprint density at radius 1 is 1.13 bits per heavy atom. The molecule has 160 valence electrons. The largest absolute Gasteiger partial charge is 0.390 e. The second kappa shape index (κ2) is 8.77. The van der Waals surface area contributed by atoms with Crippen LogP contribution in [0.5, 0.6) is 0 Å². The highest BCUT2D eigenvalue weighted by molar-refractivity contribution is 6.01. The van der Waals surface area contributed by atoms with Gasteiger partial charge in [-0.2, -0.15) is 0 Å². The molecule has 2 amide bonds. The second-order valence-corrected chi connectivity index (χ2v) is 8.27. The lowest BCUT2D eigenvalue weighted by Gasteiger charge is -2.29. The molecule has 2 aromatic rings. The van der Waals surface area contributed by atoms with Gasteiger partial charge in [-0.05, 0) is 44.5 Å². The van der Waals surface area contributed by atoms with E-state index in [-0.39, 0.29) is 24.5 Å². The minimum atomic E-state index is -0.723. The number of hydrogen-bond acceptors (Lipinski definition) is 3. The van der Waals surface area contributed by atoms with E-state index in [1.54, 1.807) is 12.1 Å². The molecule has 2 aromatic carbocycles. The summed E-state index contributed by atoms with van der Waals surface area (Å²) in [6, 6.07) is 8.76. The van der Waals surface area contributed by atoms with Gasteiger partial charge in [0.25, 0.3) is 0 Å². The number of hydrogen-bond donors (Lipinski definition) is 1. The van der Waals surface area contributed by atoms with Crippen molar-refractivity contribution in [3.63, 3.8) is 0 Å². The van der Waals surface area contributed by atoms with Gasteiger partial charge in [-0.3, -0.25) is 0 Å². The molecular weight excluding hydrogens is 395 g/mol. The van der Waals surface area contributed by atoms with Gasteiger partial charge in [0.15, 0.2) is 6.10 Å². The van der Waals surface area contributed by atoms with Gasteiger partial charge in [-0.25, -0.2) is 18.0 Å². The number of halogens is 3. The van der Waals surface area contributed by atoms with Crippen molar-refractivity contribution in [2.45, 2.75) is 45.4 Å². The first kappa shape index (κ1) is 21.7. The predicted molar refractivity (Wildman–Crippen MR) is 107 cm³/mol. The first-order valence-corrected chi connectivity index (χ1v) is 9.60. The van der Waals surface area contributed by atoms with E-state index in [2.05, 4.69) is 10.5 Å². The van der Waals surface area contributed by atoms with Crippen molar-refractivity contribution in [3.05, 3.63) is 71.0 Å². The molecule has 0 aliphatic carbocycles. The van der Waals surface area contributed by atoms with E-state index in [0.717, 1.165) is 17.7 Å². The van der Waals surface area contributed by atoms with Gasteiger partial charge in [-0.1, -0.05) is 23.4 Å². The Hall–Kier alpha value is -3.03. The zero-order valence-electron chi connectivity index (χ0n) is 17.1. The van der Waals surface area contributed by atoms with Gasteiger partial charge in [0.2, 0.25) is 0 Å². The molecule has 0 bridgehead atoms. The summed E-state index contributed by atoms with van der Waals surface area (Å²) in [4.78, 5) is 19.7. The van der Waals surface area contributed by atoms with Crippen LogP contribution >= 0.6 is 0 Å². The Balaban J connectivity index is 1.72. The lowest BCUT2D eigenvalue weighted by molar-refractivity contribution is 0.0578. The maximum absolute atomic E-state index is 14.2. The van der Waals surface area contributed by atoms with E-state index in [0.29, 0.717) is 12.1 Å². The third-order valence-corrected chi connectivity index (χ3v) is 4.48. The summed E-state index contributed by atoms with van der Waals surface area (Å²) in [7, 11) is 0. The van der Waals surface area contributed by atoms with Crippen LogP contribution in [0.25, 0.3) is 0 Å². The summed E-state index contributed by atoms with van der Waals surface area (Å²) < 4.78 is 40.5. The van der Waals surface area contributed by atoms with Crippen LogP contribution in [0.4, 0.5) is 18.0 Å². The molecule has 0 aromatic heterocycles. The molecule has 5 nitrogen and oxygen atoms in total. The van der Waals surface area contributed by atoms with Crippen LogP contribution in [0.2, 0.25) is 0 Å². The zero-order valence-corrected chi connectivity index (χ0v) is 17.1. The second-order valence-electron chi connectivity index (χ2n) is 8.27. The standard InChI is InChI=1S/C22H24F3N3O2/c1-22(2,3)26-21(29)28(12-15-6-9-17(24)10-19(15)25)13-18-11-20(27-30-18)14-4-7-16(23)8-5-14/h4-10,18H,11-13H2,1-3H3,(H,26,29)/t18-/m0/s1. The van der Waals surface area contributed by atoms with Crippen molar-refractivity contribution in [1.29, 1.82) is 0 Å². The summed E-state index contributed by atoms with van der Waals surface area (Å²) in [6.45, 7) is 5.60. The van der Waals surface area contributed by atoms with Crippen molar-refractivity contribution >= 4 is 11.7 Å². The number of carbonyl (C=O) groups excluding carboxylic acids is 1. The van der Waals surface area contributed by atoms with E-state index in [4.69, 9.17) is 4.84 Å².